The lowest BCUT2D eigenvalue weighted by Gasteiger charge is -2.24. The van der Waals surface area contributed by atoms with Gasteiger partial charge in [0.25, 0.3) is 0 Å². The molecule has 1 fully saturated rings. The zero-order valence-electron chi connectivity index (χ0n) is 14.5. The number of thiocarbonyl (C=S) groups is 1. The first-order chi connectivity index (χ1) is 13.1. The van der Waals surface area contributed by atoms with Gasteiger partial charge < -0.3 is 15.1 Å². The van der Waals surface area contributed by atoms with Crippen LogP contribution in [0.15, 0.2) is 42.5 Å². The Morgan fingerprint density at radius 2 is 1.89 bits per heavy atom. The van der Waals surface area contributed by atoms with Gasteiger partial charge in [0.1, 0.15) is 0 Å². The average Bonchev–Trinajstić information content (AvgIpc) is 2.89. The molecule has 0 saturated carbocycles. The predicted octanol–water partition coefficient (Wildman–Crippen LogP) is 5.51. The summed E-state index contributed by atoms with van der Waals surface area (Å²) in [4.78, 5) is 9.31. The lowest BCUT2D eigenvalue weighted by Crippen LogP contribution is -2.37. The number of benzene rings is 2. The van der Waals surface area contributed by atoms with Gasteiger partial charge in [-0.25, -0.2) is 4.98 Å². The SMILES string of the molecule is S=C(Nc1cccc(Cl)c1)N1CCCN(c2nc3ccc(Cl)cc3s2)CC1. The number of halogens is 2. The summed E-state index contributed by atoms with van der Waals surface area (Å²) >= 11 is 19.4. The van der Waals surface area contributed by atoms with Crippen LogP contribution in [-0.2, 0) is 0 Å². The molecule has 3 aromatic rings. The van der Waals surface area contributed by atoms with Crippen LogP contribution in [0, 0.1) is 0 Å². The van der Waals surface area contributed by atoms with Gasteiger partial charge in [-0.15, -0.1) is 0 Å². The average molecular weight is 437 g/mol. The Labute approximate surface area is 177 Å². The molecule has 4 nitrogen and oxygen atoms in total. The van der Waals surface area contributed by atoms with Crippen LogP contribution in [0.25, 0.3) is 10.2 Å². The van der Waals surface area contributed by atoms with E-state index < -0.39 is 0 Å². The van der Waals surface area contributed by atoms with E-state index in [0.29, 0.717) is 5.02 Å². The van der Waals surface area contributed by atoms with Gasteiger partial charge in [-0.2, -0.15) is 0 Å². The number of hydrogen-bond acceptors (Lipinski definition) is 4. The van der Waals surface area contributed by atoms with E-state index >= 15 is 0 Å². The highest BCUT2D eigenvalue weighted by atomic mass is 35.5. The van der Waals surface area contributed by atoms with Crippen LogP contribution in [-0.4, -0.2) is 41.2 Å². The Hall–Kier alpha value is -1.60. The van der Waals surface area contributed by atoms with Crippen LogP contribution >= 0.6 is 46.8 Å². The Kier molecular flexibility index (Phi) is 5.68. The first-order valence-corrected chi connectivity index (χ1v) is 10.7. The number of nitrogens with zero attached hydrogens (tertiary/aromatic N) is 3. The molecule has 8 heteroatoms. The van der Waals surface area contributed by atoms with Gasteiger partial charge in [-0.3, -0.25) is 0 Å². The minimum absolute atomic E-state index is 0.695. The number of fused-ring (bicyclic) bond motifs is 1. The molecule has 1 saturated heterocycles. The standard InChI is InChI=1S/C19H18Cl2N4S2/c20-13-3-1-4-15(11-13)22-18(26)24-7-2-8-25(10-9-24)19-23-16-6-5-14(21)12-17(16)27-19/h1,3-6,11-12H,2,7-10H2,(H,22,26). The van der Waals surface area contributed by atoms with Crippen molar-refractivity contribution < 1.29 is 0 Å². The van der Waals surface area contributed by atoms with E-state index in [2.05, 4.69) is 15.1 Å². The molecular formula is C19H18Cl2N4S2. The summed E-state index contributed by atoms with van der Waals surface area (Å²) in [5.41, 5.74) is 1.91. The van der Waals surface area contributed by atoms with Crippen molar-refractivity contribution in [3.05, 3.63) is 52.5 Å². The first kappa shape index (κ1) is 18.7. The summed E-state index contributed by atoms with van der Waals surface area (Å²) < 4.78 is 1.12. The van der Waals surface area contributed by atoms with Gasteiger partial charge in [0.2, 0.25) is 0 Å². The van der Waals surface area contributed by atoms with E-state index in [9.17, 15) is 0 Å². The highest BCUT2D eigenvalue weighted by Gasteiger charge is 2.19. The summed E-state index contributed by atoms with van der Waals surface area (Å²) in [5, 5.41) is 6.51. The van der Waals surface area contributed by atoms with Gasteiger partial charge in [0.15, 0.2) is 10.2 Å². The van der Waals surface area contributed by atoms with Crippen LogP contribution in [0.2, 0.25) is 10.0 Å². The molecule has 1 aliphatic rings. The second-order valence-electron chi connectivity index (χ2n) is 6.38. The summed E-state index contributed by atoms with van der Waals surface area (Å²) in [6.07, 6.45) is 1.02. The third kappa shape index (κ3) is 4.46. The van der Waals surface area contributed by atoms with Crippen molar-refractivity contribution >= 4 is 72.9 Å². The van der Waals surface area contributed by atoms with E-state index in [1.54, 1.807) is 11.3 Å². The van der Waals surface area contributed by atoms with E-state index in [0.717, 1.165) is 63.8 Å². The monoisotopic (exact) mass is 436 g/mol. The molecular weight excluding hydrogens is 419 g/mol. The molecule has 0 radical (unpaired) electrons. The molecule has 0 atom stereocenters. The van der Waals surface area contributed by atoms with Crippen molar-refractivity contribution in [2.45, 2.75) is 6.42 Å². The fourth-order valence-corrected chi connectivity index (χ4v) is 4.89. The molecule has 0 bridgehead atoms. The lowest BCUT2D eigenvalue weighted by molar-refractivity contribution is 0.455. The fraction of sp³-hybridized carbons (Fsp3) is 0.263. The van der Waals surface area contributed by atoms with Crippen LogP contribution in [0.1, 0.15) is 6.42 Å². The minimum Gasteiger partial charge on any atom is -0.347 e. The van der Waals surface area contributed by atoms with Gasteiger partial charge in [-0.05, 0) is 55.0 Å². The summed E-state index contributed by atoms with van der Waals surface area (Å²) in [6, 6.07) is 13.5. The summed E-state index contributed by atoms with van der Waals surface area (Å²) in [6.45, 7) is 3.61. The molecule has 0 amide bonds. The normalized spacial score (nSPS) is 15.0. The van der Waals surface area contributed by atoms with Crippen LogP contribution in [0.3, 0.4) is 0 Å². The van der Waals surface area contributed by atoms with Gasteiger partial charge in [0.05, 0.1) is 10.2 Å². The Bertz CT molecular complexity index is 975. The van der Waals surface area contributed by atoms with E-state index in [1.165, 1.54) is 0 Å². The molecule has 27 heavy (non-hydrogen) atoms. The zero-order chi connectivity index (χ0) is 18.8. The van der Waals surface area contributed by atoms with Gasteiger partial charge in [0, 0.05) is 41.9 Å². The highest BCUT2D eigenvalue weighted by Crippen LogP contribution is 2.31. The molecule has 0 spiro atoms. The molecule has 0 unspecified atom stereocenters. The molecule has 140 valence electrons. The number of anilines is 2. The lowest BCUT2D eigenvalue weighted by atomic mass is 10.3. The summed E-state index contributed by atoms with van der Waals surface area (Å²) in [7, 11) is 0. The minimum atomic E-state index is 0.695. The fourth-order valence-electron chi connectivity index (χ4n) is 3.10. The largest absolute Gasteiger partial charge is 0.347 e. The van der Waals surface area contributed by atoms with Gasteiger partial charge in [-0.1, -0.05) is 40.6 Å². The Morgan fingerprint density at radius 1 is 1.04 bits per heavy atom. The molecule has 1 N–H and O–H groups in total. The maximum Gasteiger partial charge on any atom is 0.186 e. The van der Waals surface area contributed by atoms with Gasteiger partial charge >= 0.3 is 0 Å². The quantitative estimate of drug-likeness (QED) is 0.535. The zero-order valence-corrected chi connectivity index (χ0v) is 17.6. The van der Waals surface area contributed by atoms with E-state index in [-0.39, 0.29) is 0 Å². The number of hydrogen-bond donors (Lipinski definition) is 1. The molecule has 0 aliphatic carbocycles. The third-order valence-electron chi connectivity index (χ3n) is 4.47. The Morgan fingerprint density at radius 3 is 2.74 bits per heavy atom. The van der Waals surface area contributed by atoms with Crippen molar-refractivity contribution in [1.82, 2.24) is 9.88 Å². The van der Waals surface area contributed by atoms with Crippen molar-refractivity contribution in [2.24, 2.45) is 0 Å². The number of thiazole rings is 1. The van der Waals surface area contributed by atoms with Crippen molar-refractivity contribution in [3.63, 3.8) is 0 Å². The number of aromatic nitrogens is 1. The highest BCUT2D eigenvalue weighted by molar-refractivity contribution is 7.80. The maximum atomic E-state index is 6.10. The number of nitrogens with one attached hydrogen (secondary N) is 1. The van der Waals surface area contributed by atoms with Crippen LogP contribution in [0.5, 0.6) is 0 Å². The maximum absolute atomic E-state index is 6.10. The number of rotatable bonds is 2. The topological polar surface area (TPSA) is 31.4 Å². The second-order valence-corrected chi connectivity index (χ2v) is 8.65. The second kappa shape index (κ2) is 8.19. The van der Waals surface area contributed by atoms with Crippen LogP contribution in [0.4, 0.5) is 10.8 Å². The molecule has 2 heterocycles. The predicted molar refractivity (Wildman–Crippen MR) is 121 cm³/mol. The molecule has 2 aromatic carbocycles. The molecule has 1 aliphatic heterocycles. The molecule has 4 rings (SSSR count). The van der Waals surface area contributed by atoms with Crippen molar-refractivity contribution in [2.75, 3.05) is 36.4 Å². The van der Waals surface area contributed by atoms with E-state index in [1.807, 2.05) is 42.5 Å². The molecule has 1 aromatic heterocycles. The first-order valence-electron chi connectivity index (χ1n) is 8.71. The third-order valence-corrected chi connectivity index (χ3v) is 6.38. The Balaban J connectivity index is 1.42. The van der Waals surface area contributed by atoms with Crippen LogP contribution < -0.4 is 10.2 Å². The van der Waals surface area contributed by atoms with Crippen molar-refractivity contribution in [1.29, 1.82) is 0 Å². The van der Waals surface area contributed by atoms with E-state index in [4.69, 9.17) is 40.4 Å². The summed E-state index contributed by atoms with van der Waals surface area (Å²) in [5.74, 6) is 0. The smallest absolute Gasteiger partial charge is 0.186 e. The van der Waals surface area contributed by atoms with Crippen molar-refractivity contribution in [3.8, 4) is 0 Å².